The minimum Gasteiger partial charge on any atom is -0.496 e. The molecule has 5 heteroatoms. The van der Waals surface area contributed by atoms with Crippen LogP contribution in [0, 0.1) is 13.8 Å². The zero-order valence-electron chi connectivity index (χ0n) is 11.4. The van der Waals surface area contributed by atoms with Gasteiger partial charge in [-0.15, -0.1) is 11.3 Å². The number of aryl methyl sites for hydroxylation is 2. The van der Waals surface area contributed by atoms with E-state index >= 15 is 0 Å². The van der Waals surface area contributed by atoms with Crippen molar-refractivity contribution in [3.8, 4) is 17.1 Å². The molecule has 0 fully saturated rings. The lowest BCUT2D eigenvalue weighted by molar-refractivity contribution is 0.416. The Hall–Kier alpha value is -1.65. The highest BCUT2D eigenvalue weighted by molar-refractivity contribution is 7.18. The summed E-state index contributed by atoms with van der Waals surface area (Å²) in [4.78, 5) is 11.1. The largest absolute Gasteiger partial charge is 0.496 e. The van der Waals surface area contributed by atoms with Gasteiger partial charge in [-0.1, -0.05) is 17.7 Å². The Morgan fingerprint density at radius 2 is 1.95 bits per heavy atom. The van der Waals surface area contributed by atoms with Crippen molar-refractivity contribution in [1.29, 1.82) is 0 Å². The van der Waals surface area contributed by atoms with Gasteiger partial charge in [-0.3, -0.25) is 0 Å². The highest BCUT2D eigenvalue weighted by Crippen LogP contribution is 2.34. The van der Waals surface area contributed by atoms with E-state index in [1.54, 1.807) is 18.4 Å². The second kappa shape index (κ2) is 5.04. The normalized spacial score (nSPS) is 11.0. The van der Waals surface area contributed by atoms with E-state index in [-0.39, 0.29) is 0 Å². The fraction of sp³-hybridized carbons (Fsp3) is 0.200. The van der Waals surface area contributed by atoms with E-state index < -0.39 is 0 Å². The summed E-state index contributed by atoms with van der Waals surface area (Å²) in [5.74, 6) is 1.36. The predicted molar refractivity (Wildman–Crippen MR) is 83.9 cm³/mol. The number of ether oxygens (including phenoxy) is 1. The molecule has 3 rings (SSSR count). The van der Waals surface area contributed by atoms with Crippen LogP contribution in [0.25, 0.3) is 21.6 Å². The zero-order valence-corrected chi connectivity index (χ0v) is 13.0. The van der Waals surface area contributed by atoms with Crippen molar-refractivity contribution in [2.24, 2.45) is 0 Å². The summed E-state index contributed by atoms with van der Waals surface area (Å²) in [6, 6.07) is 7.96. The smallest absolute Gasteiger partial charge is 0.166 e. The summed E-state index contributed by atoms with van der Waals surface area (Å²) in [6.07, 6.45) is 0. The van der Waals surface area contributed by atoms with Crippen molar-refractivity contribution in [3.63, 3.8) is 0 Å². The summed E-state index contributed by atoms with van der Waals surface area (Å²) in [5.41, 5.74) is 1.98. The van der Waals surface area contributed by atoms with Gasteiger partial charge in [0.25, 0.3) is 0 Å². The van der Waals surface area contributed by atoms with Crippen LogP contribution in [-0.2, 0) is 0 Å². The van der Waals surface area contributed by atoms with Gasteiger partial charge in [-0.2, -0.15) is 0 Å². The Labute approximate surface area is 126 Å². The number of nitrogens with zero attached hydrogens (tertiary/aromatic N) is 2. The minimum absolute atomic E-state index is 0.483. The topological polar surface area (TPSA) is 35.0 Å². The first-order valence-electron chi connectivity index (χ1n) is 6.17. The molecule has 0 saturated heterocycles. The quantitative estimate of drug-likeness (QED) is 0.647. The van der Waals surface area contributed by atoms with Crippen LogP contribution in [0.4, 0.5) is 0 Å². The third-order valence-corrected chi connectivity index (χ3v) is 4.30. The highest BCUT2D eigenvalue weighted by atomic mass is 35.5. The molecule has 3 aromatic rings. The van der Waals surface area contributed by atoms with E-state index in [0.29, 0.717) is 11.0 Å². The van der Waals surface area contributed by atoms with Crippen LogP contribution < -0.4 is 4.74 Å². The SMILES string of the molecule is COc1cc(C)ccc1-c1nc(Cl)c2cc(C)sc2n1. The first-order chi connectivity index (χ1) is 9.58. The van der Waals surface area contributed by atoms with E-state index in [1.165, 1.54) is 4.88 Å². The second-order valence-electron chi connectivity index (χ2n) is 4.62. The van der Waals surface area contributed by atoms with Crippen LogP contribution in [-0.4, -0.2) is 17.1 Å². The van der Waals surface area contributed by atoms with Crippen LogP contribution >= 0.6 is 22.9 Å². The van der Waals surface area contributed by atoms with Crippen molar-refractivity contribution in [1.82, 2.24) is 9.97 Å². The second-order valence-corrected chi connectivity index (χ2v) is 6.21. The molecule has 0 aliphatic heterocycles. The Morgan fingerprint density at radius 1 is 1.15 bits per heavy atom. The van der Waals surface area contributed by atoms with Gasteiger partial charge in [0.15, 0.2) is 5.82 Å². The number of thiophene rings is 1. The monoisotopic (exact) mass is 304 g/mol. The zero-order chi connectivity index (χ0) is 14.3. The van der Waals surface area contributed by atoms with Crippen molar-refractivity contribution in [3.05, 3.63) is 39.9 Å². The van der Waals surface area contributed by atoms with E-state index in [1.807, 2.05) is 38.1 Å². The van der Waals surface area contributed by atoms with Crippen LogP contribution in [0.3, 0.4) is 0 Å². The maximum atomic E-state index is 6.27. The highest BCUT2D eigenvalue weighted by Gasteiger charge is 2.13. The number of hydrogen-bond acceptors (Lipinski definition) is 4. The summed E-state index contributed by atoms with van der Waals surface area (Å²) in [7, 11) is 1.65. The summed E-state index contributed by atoms with van der Waals surface area (Å²) < 4.78 is 5.42. The van der Waals surface area contributed by atoms with Crippen LogP contribution in [0.15, 0.2) is 24.3 Å². The Morgan fingerprint density at radius 3 is 2.70 bits per heavy atom. The Balaban J connectivity index is 2.24. The number of benzene rings is 1. The first kappa shape index (κ1) is 13.3. The molecule has 0 bridgehead atoms. The number of fused-ring (bicyclic) bond motifs is 1. The lowest BCUT2D eigenvalue weighted by Crippen LogP contribution is -1.94. The van der Waals surface area contributed by atoms with Gasteiger partial charge in [0.1, 0.15) is 15.7 Å². The van der Waals surface area contributed by atoms with Crippen molar-refractivity contribution >= 4 is 33.2 Å². The molecule has 0 spiro atoms. The van der Waals surface area contributed by atoms with Crippen molar-refractivity contribution < 1.29 is 4.74 Å². The lowest BCUT2D eigenvalue weighted by atomic mass is 10.1. The van der Waals surface area contributed by atoms with E-state index in [4.69, 9.17) is 16.3 Å². The lowest BCUT2D eigenvalue weighted by Gasteiger charge is -2.08. The number of methoxy groups -OCH3 is 1. The molecular formula is C15H13ClN2OS. The number of aromatic nitrogens is 2. The average molecular weight is 305 g/mol. The number of halogens is 1. The number of hydrogen-bond donors (Lipinski definition) is 0. The van der Waals surface area contributed by atoms with Gasteiger partial charge in [0.2, 0.25) is 0 Å². The molecule has 20 heavy (non-hydrogen) atoms. The minimum atomic E-state index is 0.483. The van der Waals surface area contributed by atoms with Gasteiger partial charge in [-0.25, -0.2) is 9.97 Å². The molecule has 1 aromatic carbocycles. The van der Waals surface area contributed by atoms with E-state index in [2.05, 4.69) is 9.97 Å². The number of rotatable bonds is 2. The fourth-order valence-corrected chi connectivity index (χ4v) is 3.27. The molecule has 2 heterocycles. The van der Waals surface area contributed by atoms with Crippen molar-refractivity contribution in [2.45, 2.75) is 13.8 Å². The molecular weight excluding hydrogens is 292 g/mol. The molecule has 102 valence electrons. The molecule has 0 saturated carbocycles. The van der Waals surface area contributed by atoms with E-state index in [0.717, 1.165) is 27.1 Å². The molecule has 0 aliphatic rings. The standard InChI is InChI=1S/C15H13ClN2OS/c1-8-4-5-10(12(6-8)19-3)14-17-13(16)11-7-9(2)20-15(11)18-14/h4-7H,1-3H3. The molecule has 0 radical (unpaired) electrons. The van der Waals surface area contributed by atoms with Gasteiger partial charge in [0.05, 0.1) is 12.7 Å². The van der Waals surface area contributed by atoms with E-state index in [9.17, 15) is 0 Å². The maximum absolute atomic E-state index is 6.27. The summed E-state index contributed by atoms with van der Waals surface area (Å²) >= 11 is 7.88. The molecule has 0 unspecified atom stereocenters. The third kappa shape index (κ3) is 2.25. The summed E-state index contributed by atoms with van der Waals surface area (Å²) in [6.45, 7) is 4.06. The van der Waals surface area contributed by atoms with Crippen LogP contribution in [0.1, 0.15) is 10.4 Å². The third-order valence-electron chi connectivity index (χ3n) is 3.07. The van der Waals surface area contributed by atoms with Crippen molar-refractivity contribution in [2.75, 3.05) is 7.11 Å². The molecule has 3 nitrogen and oxygen atoms in total. The molecule has 0 atom stereocenters. The Kier molecular flexibility index (Phi) is 3.36. The van der Waals surface area contributed by atoms with Gasteiger partial charge < -0.3 is 4.74 Å². The first-order valence-corrected chi connectivity index (χ1v) is 7.36. The van der Waals surface area contributed by atoms with Gasteiger partial charge >= 0.3 is 0 Å². The van der Waals surface area contributed by atoms with Gasteiger partial charge in [0, 0.05) is 10.3 Å². The fourth-order valence-electron chi connectivity index (χ4n) is 2.11. The molecule has 2 aromatic heterocycles. The van der Waals surface area contributed by atoms with Crippen LogP contribution in [0.5, 0.6) is 5.75 Å². The molecule has 0 aliphatic carbocycles. The van der Waals surface area contributed by atoms with Crippen LogP contribution in [0.2, 0.25) is 5.15 Å². The average Bonchev–Trinajstić information content (AvgIpc) is 2.79. The Bertz CT molecular complexity index is 798. The molecule has 0 amide bonds. The maximum Gasteiger partial charge on any atom is 0.166 e. The summed E-state index contributed by atoms with van der Waals surface area (Å²) in [5, 5.41) is 1.39. The predicted octanol–water partition coefficient (Wildman–Crippen LogP) is 4.64. The molecule has 0 N–H and O–H groups in total. The van der Waals surface area contributed by atoms with Gasteiger partial charge in [-0.05, 0) is 37.6 Å².